The molecule has 0 saturated heterocycles. The summed E-state index contributed by atoms with van der Waals surface area (Å²) in [7, 11) is 0. The van der Waals surface area contributed by atoms with E-state index in [4.69, 9.17) is 14.4 Å². The first kappa shape index (κ1) is 16.0. The minimum atomic E-state index is -0.586. The molecule has 4 nitrogen and oxygen atoms in total. The Bertz CT molecular complexity index is 455. The Balaban J connectivity index is 2.26. The van der Waals surface area contributed by atoms with Gasteiger partial charge in [0.1, 0.15) is 17.4 Å². The van der Waals surface area contributed by atoms with E-state index >= 15 is 0 Å². The molecular formula is C16H21NO3. The van der Waals surface area contributed by atoms with E-state index in [1.807, 2.05) is 6.07 Å². The van der Waals surface area contributed by atoms with Crippen LogP contribution in [0.4, 0.5) is 0 Å². The zero-order valence-corrected chi connectivity index (χ0v) is 11.9. The molecule has 0 aromatic carbocycles. The van der Waals surface area contributed by atoms with Crippen molar-refractivity contribution < 1.29 is 13.9 Å². The molecule has 1 rings (SSSR count). The highest BCUT2D eigenvalue weighted by Gasteiger charge is 2.11. The number of hydrogen-bond donors (Lipinski definition) is 0. The van der Waals surface area contributed by atoms with E-state index in [0.29, 0.717) is 12.4 Å². The third-order valence-electron chi connectivity index (χ3n) is 2.90. The van der Waals surface area contributed by atoms with Gasteiger partial charge in [-0.15, -0.1) is 0 Å². The topological polar surface area (TPSA) is 63.2 Å². The van der Waals surface area contributed by atoms with Crippen LogP contribution in [0, 0.1) is 11.3 Å². The quantitative estimate of drug-likeness (QED) is 0.295. The van der Waals surface area contributed by atoms with E-state index in [9.17, 15) is 4.79 Å². The third-order valence-corrected chi connectivity index (χ3v) is 2.90. The van der Waals surface area contributed by atoms with E-state index in [-0.39, 0.29) is 5.57 Å². The second kappa shape index (κ2) is 9.85. The summed E-state index contributed by atoms with van der Waals surface area (Å²) < 4.78 is 10.1. The van der Waals surface area contributed by atoms with Crippen LogP contribution in [0.15, 0.2) is 28.4 Å². The van der Waals surface area contributed by atoms with Gasteiger partial charge >= 0.3 is 5.97 Å². The summed E-state index contributed by atoms with van der Waals surface area (Å²) in [4.78, 5) is 11.7. The summed E-state index contributed by atoms with van der Waals surface area (Å²) in [5.41, 5.74) is -0.0362. The number of carbonyl (C=O) groups excluding carboxylic acids is 1. The number of ether oxygens (including phenoxy) is 1. The minimum absolute atomic E-state index is 0.0362. The van der Waals surface area contributed by atoms with Gasteiger partial charge in [-0.05, 0) is 18.6 Å². The molecule has 1 heterocycles. The third kappa shape index (κ3) is 6.24. The Hall–Kier alpha value is -2.02. The van der Waals surface area contributed by atoms with Crippen molar-refractivity contribution in [3.8, 4) is 6.07 Å². The highest BCUT2D eigenvalue weighted by Crippen LogP contribution is 2.09. The molecule has 108 valence electrons. The van der Waals surface area contributed by atoms with Crippen molar-refractivity contribution in [2.24, 2.45) is 0 Å². The number of unbranched alkanes of at least 4 members (excludes halogenated alkanes) is 5. The molecule has 1 aromatic rings. The number of rotatable bonds is 9. The van der Waals surface area contributed by atoms with Crippen LogP contribution in [-0.4, -0.2) is 12.6 Å². The fourth-order valence-corrected chi connectivity index (χ4v) is 1.78. The lowest BCUT2D eigenvalue weighted by molar-refractivity contribution is -0.138. The van der Waals surface area contributed by atoms with Crippen LogP contribution in [-0.2, 0) is 9.53 Å². The van der Waals surface area contributed by atoms with Gasteiger partial charge in [-0.3, -0.25) is 0 Å². The first-order valence-electron chi connectivity index (χ1n) is 7.10. The zero-order valence-electron chi connectivity index (χ0n) is 11.9. The molecule has 0 spiro atoms. The fraction of sp³-hybridized carbons (Fsp3) is 0.500. The summed E-state index contributed by atoms with van der Waals surface area (Å²) in [6.07, 6.45) is 9.64. The molecule has 0 radical (unpaired) electrons. The lowest BCUT2D eigenvalue weighted by Crippen LogP contribution is -2.07. The first-order valence-corrected chi connectivity index (χ1v) is 7.10. The van der Waals surface area contributed by atoms with Gasteiger partial charge in [0, 0.05) is 6.08 Å². The molecule has 0 aliphatic rings. The Morgan fingerprint density at radius 2 is 2.10 bits per heavy atom. The van der Waals surface area contributed by atoms with Crippen LogP contribution in [0.1, 0.15) is 51.2 Å². The maximum Gasteiger partial charge on any atom is 0.349 e. The van der Waals surface area contributed by atoms with E-state index in [2.05, 4.69) is 6.92 Å². The van der Waals surface area contributed by atoms with Crippen LogP contribution < -0.4 is 0 Å². The average Bonchev–Trinajstić information content (AvgIpc) is 2.96. The van der Waals surface area contributed by atoms with Crippen LogP contribution >= 0.6 is 0 Å². The SMILES string of the molecule is CCCCCCCCOC(=O)/C(C#N)=C/c1ccco1. The molecule has 0 fully saturated rings. The van der Waals surface area contributed by atoms with Crippen LogP contribution in [0.5, 0.6) is 0 Å². The molecule has 0 amide bonds. The molecule has 0 atom stereocenters. The summed E-state index contributed by atoms with van der Waals surface area (Å²) in [6, 6.07) is 5.21. The molecule has 0 unspecified atom stereocenters. The Morgan fingerprint density at radius 3 is 2.75 bits per heavy atom. The Kier molecular flexibility index (Phi) is 7.90. The van der Waals surface area contributed by atoms with Crippen molar-refractivity contribution in [1.82, 2.24) is 0 Å². The van der Waals surface area contributed by atoms with Crippen LogP contribution in [0.3, 0.4) is 0 Å². The molecule has 1 aromatic heterocycles. The second-order valence-electron chi connectivity index (χ2n) is 4.59. The van der Waals surface area contributed by atoms with E-state index in [1.54, 1.807) is 12.1 Å². The molecule has 4 heteroatoms. The Labute approximate surface area is 120 Å². The van der Waals surface area contributed by atoms with Gasteiger partial charge in [0.15, 0.2) is 0 Å². The van der Waals surface area contributed by atoms with Gasteiger partial charge in [0.05, 0.1) is 12.9 Å². The summed E-state index contributed by atoms with van der Waals surface area (Å²) in [6.45, 7) is 2.54. The van der Waals surface area contributed by atoms with E-state index in [0.717, 1.165) is 12.8 Å². The van der Waals surface area contributed by atoms with Crippen molar-refractivity contribution in [3.63, 3.8) is 0 Å². The molecule has 0 aliphatic carbocycles. The fourth-order valence-electron chi connectivity index (χ4n) is 1.78. The van der Waals surface area contributed by atoms with Crippen molar-refractivity contribution in [3.05, 3.63) is 29.7 Å². The lowest BCUT2D eigenvalue weighted by atomic mass is 10.1. The second-order valence-corrected chi connectivity index (χ2v) is 4.59. The number of hydrogen-bond acceptors (Lipinski definition) is 4. The number of esters is 1. The normalized spacial score (nSPS) is 11.1. The highest BCUT2D eigenvalue weighted by molar-refractivity contribution is 5.97. The minimum Gasteiger partial charge on any atom is -0.465 e. The summed E-state index contributed by atoms with van der Waals surface area (Å²) in [5, 5.41) is 8.93. The first-order chi connectivity index (χ1) is 9.77. The summed E-state index contributed by atoms with van der Waals surface area (Å²) >= 11 is 0. The smallest absolute Gasteiger partial charge is 0.349 e. The predicted molar refractivity (Wildman–Crippen MR) is 76.6 cm³/mol. The molecule has 0 saturated carbocycles. The maximum atomic E-state index is 11.7. The lowest BCUT2D eigenvalue weighted by Gasteiger charge is -2.03. The van der Waals surface area contributed by atoms with Crippen LogP contribution in [0.25, 0.3) is 6.08 Å². The van der Waals surface area contributed by atoms with Crippen LogP contribution in [0.2, 0.25) is 0 Å². The van der Waals surface area contributed by atoms with Gasteiger partial charge in [-0.1, -0.05) is 39.0 Å². The van der Waals surface area contributed by atoms with Gasteiger partial charge in [-0.25, -0.2) is 4.79 Å². The molecular weight excluding hydrogens is 254 g/mol. The maximum absolute atomic E-state index is 11.7. The molecule has 0 aliphatic heterocycles. The van der Waals surface area contributed by atoms with Gasteiger partial charge in [0.25, 0.3) is 0 Å². The van der Waals surface area contributed by atoms with Crippen molar-refractivity contribution in [2.75, 3.05) is 6.61 Å². The monoisotopic (exact) mass is 275 g/mol. The van der Waals surface area contributed by atoms with Crippen molar-refractivity contribution in [1.29, 1.82) is 5.26 Å². The van der Waals surface area contributed by atoms with Gasteiger partial charge in [0.2, 0.25) is 0 Å². The largest absolute Gasteiger partial charge is 0.465 e. The average molecular weight is 275 g/mol. The number of carbonyl (C=O) groups is 1. The summed E-state index contributed by atoms with van der Waals surface area (Å²) in [5.74, 6) is -0.115. The van der Waals surface area contributed by atoms with Gasteiger partial charge in [-0.2, -0.15) is 5.26 Å². The Morgan fingerprint density at radius 1 is 1.35 bits per heavy atom. The number of nitriles is 1. The van der Waals surface area contributed by atoms with Crippen molar-refractivity contribution >= 4 is 12.0 Å². The number of nitrogens with zero attached hydrogens (tertiary/aromatic N) is 1. The standard InChI is InChI=1S/C16H21NO3/c1-2-3-4-5-6-7-10-20-16(18)14(13-17)12-15-9-8-11-19-15/h8-9,11-12H,2-7,10H2,1H3/b14-12+. The molecule has 20 heavy (non-hydrogen) atoms. The van der Waals surface area contributed by atoms with Crippen molar-refractivity contribution in [2.45, 2.75) is 45.4 Å². The van der Waals surface area contributed by atoms with E-state index < -0.39 is 5.97 Å². The predicted octanol–water partition coefficient (Wildman–Crippen LogP) is 4.09. The molecule has 0 N–H and O–H groups in total. The zero-order chi connectivity index (χ0) is 14.6. The molecule has 0 bridgehead atoms. The highest BCUT2D eigenvalue weighted by atomic mass is 16.5. The van der Waals surface area contributed by atoms with E-state index in [1.165, 1.54) is 38.0 Å². The van der Waals surface area contributed by atoms with Gasteiger partial charge < -0.3 is 9.15 Å². The number of furan rings is 1.